The molecule has 3 atom stereocenters. The van der Waals surface area contributed by atoms with E-state index in [9.17, 15) is 0 Å². The van der Waals surface area contributed by atoms with Crippen LogP contribution in [0.25, 0.3) is 21.6 Å². The number of nitrogens with zero attached hydrogens (tertiary/aromatic N) is 8. The second-order valence-electron chi connectivity index (χ2n) is 7.57. The van der Waals surface area contributed by atoms with Gasteiger partial charge in [0, 0.05) is 11.3 Å². The van der Waals surface area contributed by atoms with Crippen LogP contribution < -0.4 is 4.74 Å². The van der Waals surface area contributed by atoms with Crippen LogP contribution in [0.2, 0.25) is 0 Å². The van der Waals surface area contributed by atoms with E-state index in [0.717, 1.165) is 17.7 Å². The molecule has 0 saturated carbocycles. The first-order valence-corrected chi connectivity index (χ1v) is 10.4. The van der Waals surface area contributed by atoms with Crippen molar-refractivity contribution in [2.24, 2.45) is 10.3 Å². The largest absolute Gasteiger partial charge is 0.471 e. The highest BCUT2D eigenvalue weighted by molar-refractivity contribution is 5.78. The van der Waals surface area contributed by atoms with Crippen molar-refractivity contribution in [3.05, 3.63) is 52.7 Å². The third kappa shape index (κ3) is 4.63. The summed E-state index contributed by atoms with van der Waals surface area (Å²) in [5.41, 5.74) is 11.6. The van der Waals surface area contributed by atoms with Crippen LogP contribution in [0.4, 0.5) is 5.95 Å². The number of azide groups is 1. The highest BCUT2D eigenvalue weighted by atomic mass is 16.7. The lowest BCUT2D eigenvalue weighted by Gasteiger charge is -2.15. The molecule has 1 saturated heterocycles. The Morgan fingerprint density at radius 1 is 1.28 bits per heavy atom. The van der Waals surface area contributed by atoms with Crippen LogP contribution in [-0.2, 0) is 16.2 Å². The zero-order valence-corrected chi connectivity index (χ0v) is 18.1. The molecule has 3 heterocycles. The van der Waals surface area contributed by atoms with Gasteiger partial charge >= 0.3 is 0 Å². The van der Waals surface area contributed by atoms with Crippen LogP contribution in [0.15, 0.2) is 46.9 Å². The molecule has 1 aliphatic heterocycles. The normalized spacial score (nSPS) is 20.0. The molecule has 0 unspecified atom stereocenters. The Kier molecular flexibility index (Phi) is 6.48. The summed E-state index contributed by atoms with van der Waals surface area (Å²) in [6.45, 7) is 6.08. The van der Waals surface area contributed by atoms with E-state index in [4.69, 9.17) is 19.8 Å². The Balaban J connectivity index is 1.65. The van der Waals surface area contributed by atoms with Crippen molar-refractivity contribution in [1.29, 1.82) is 0 Å². The molecule has 2 aromatic heterocycles. The number of hydrogen-bond donors (Lipinski definition) is 0. The minimum atomic E-state index is -0.363. The standard InChI is InChI=1S/C21H24N8O3/c1-4-15-16(32-27-13(2)3)10-17(31-15)29-12-23-18-19(29)24-21(26-28-22)25-20(18)30-11-14-8-6-5-7-9-14/h5-9,12,15-17H,4,10-11H2,1-3H3/t15-,16-,17-/m1/s1. The summed E-state index contributed by atoms with van der Waals surface area (Å²) >= 11 is 0. The maximum atomic E-state index is 8.89. The molecule has 0 amide bonds. The zero-order chi connectivity index (χ0) is 22.5. The van der Waals surface area contributed by atoms with Gasteiger partial charge in [0.05, 0.1) is 18.1 Å². The van der Waals surface area contributed by atoms with Crippen molar-refractivity contribution < 1.29 is 14.3 Å². The second kappa shape index (κ2) is 9.63. The fourth-order valence-electron chi connectivity index (χ4n) is 3.52. The summed E-state index contributed by atoms with van der Waals surface area (Å²) in [5, 5.41) is 7.67. The monoisotopic (exact) mass is 436 g/mol. The second-order valence-corrected chi connectivity index (χ2v) is 7.57. The van der Waals surface area contributed by atoms with E-state index >= 15 is 0 Å². The van der Waals surface area contributed by atoms with Gasteiger partial charge in [-0.1, -0.05) is 42.4 Å². The number of ether oxygens (including phenoxy) is 2. The zero-order valence-electron chi connectivity index (χ0n) is 18.1. The minimum absolute atomic E-state index is 0.0474. The van der Waals surface area contributed by atoms with Crippen molar-refractivity contribution in [2.75, 3.05) is 0 Å². The number of benzene rings is 1. The van der Waals surface area contributed by atoms with Crippen LogP contribution >= 0.6 is 0 Å². The quantitative estimate of drug-likeness (QED) is 0.163. The Hall–Kier alpha value is -3.69. The molecule has 11 nitrogen and oxygen atoms in total. The van der Waals surface area contributed by atoms with Gasteiger partial charge in [0.15, 0.2) is 17.3 Å². The van der Waals surface area contributed by atoms with Gasteiger partial charge in [-0.25, -0.2) is 9.97 Å². The summed E-state index contributed by atoms with van der Waals surface area (Å²) in [4.78, 5) is 21.6. The summed E-state index contributed by atoms with van der Waals surface area (Å²) in [5.74, 6) is 0.193. The van der Waals surface area contributed by atoms with Crippen molar-refractivity contribution in [3.8, 4) is 5.88 Å². The first kappa shape index (κ1) is 21.5. The van der Waals surface area contributed by atoms with E-state index in [2.05, 4.69) is 30.1 Å². The van der Waals surface area contributed by atoms with E-state index in [1.54, 1.807) is 10.9 Å². The maximum Gasteiger partial charge on any atom is 0.246 e. The molecule has 166 valence electrons. The average Bonchev–Trinajstić information content (AvgIpc) is 3.40. The molecule has 32 heavy (non-hydrogen) atoms. The van der Waals surface area contributed by atoms with Crippen molar-refractivity contribution in [3.63, 3.8) is 0 Å². The molecule has 11 heteroatoms. The molecule has 0 spiro atoms. The van der Waals surface area contributed by atoms with Crippen molar-refractivity contribution in [2.45, 2.75) is 58.7 Å². The van der Waals surface area contributed by atoms with Crippen molar-refractivity contribution >= 4 is 22.8 Å². The van der Waals surface area contributed by atoms with Crippen LogP contribution in [0.3, 0.4) is 0 Å². The van der Waals surface area contributed by atoms with Gasteiger partial charge in [0.1, 0.15) is 12.8 Å². The lowest BCUT2D eigenvalue weighted by Crippen LogP contribution is -2.21. The molecule has 0 radical (unpaired) electrons. The summed E-state index contributed by atoms with van der Waals surface area (Å²) < 4.78 is 13.9. The van der Waals surface area contributed by atoms with Gasteiger partial charge in [-0.05, 0) is 36.5 Å². The number of oxime groups is 1. The lowest BCUT2D eigenvalue weighted by atomic mass is 10.1. The molecule has 4 rings (SSSR count). The SMILES string of the molecule is CC[C@H]1O[C@@H](n2cnc3c(OCc4ccccc4)nc(N=[N+]=[N-])nc32)C[C@H]1ON=C(C)C. The van der Waals surface area contributed by atoms with Crippen LogP contribution in [0, 0.1) is 0 Å². The number of fused-ring (bicyclic) bond motifs is 1. The van der Waals surface area contributed by atoms with E-state index in [-0.39, 0.29) is 36.9 Å². The predicted octanol–water partition coefficient (Wildman–Crippen LogP) is 4.83. The summed E-state index contributed by atoms with van der Waals surface area (Å²) in [6, 6.07) is 9.69. The third-order valence-electron chi connectivity index (χ3n) is 4.99. The lowest BCUT2D eigenvalue weighted by molar-refractivity contribution is -0.0375. The minimum Gasteiger partial charge on any atom is -0.471 e. The number of rotatable bonds is 8. The van der Waals surface area contributed by atoms with Gasteiger partial charge in [-0.3, -0.25) is 4.57 Å². The Bertz CT molecular complexity index is 1150. The van der Waals surface area contributed by atoms with E-state index in [0.29, 0.717) is 17.6 Å². The molecule has 1 aromatic carbocycles. The highest BCUT2D eigenvalue weighted by Gasteiger charge is 2.38. The van der Waals surface area contributed by atoms with Crippen LogP contribution in [-0.4, -0.2) is 37.4 Å². The molecule has 0 aliphatic carbocycles. The molecular formula is C21H24N8O3. The van der Waals surface area contributed by atoms with Gasteiger partial charge in [-0.2, -0.15) is 4.98 Å². The van der Waals surface area contributed by atoms with Gasteiger partial charge < -0.3 is 14.3 Å². The van der Waals surface area contributed by atoms with Crippen molar-refractivity contribution in [1.82, 2.24) is 19.5 Å². The fraction of sp³-hybridized carbons (Fsp3) is 0.429. The number of imidazole rings is 1. The maximum absolute atomic E-state index is 8.89. The first-order chi connectivity index (χ1) is 15.6. The highest BCUT2D eigenvalue weighted by Crippen LogP contribution is 2.35. The molecule has 1 aliphatic rings. The third-order valence-corrected chi connectivity index (χ3v) is 4.99. The first-order valence-electron chi connectivity index (χ1n) is 10.4. The van der Waals surface area contributed by atoms with Crippen LogP contribution in [0.5, 0.6) is 5.88 Å². The Labute approximate surface area is 184 Å². The number of hydrogen-bond acceptors (Lipinski definition) is 8. The smallest absolute Gasteiger partial charge is 0.246 e. The molecule has 3 aromatic rings. The molecule has 1 fully saturated rings. The van der Waals surface area contributed by atoms with E-state index in [1.807, 2.05) is 51.1 Å². The average molecular weight is 436 g/mol. The Morgan fingerprint density at radius 3 is 2.81 bits per heavy atom. The van der Waals surface area contributed by atoms with Gasteiger partial charge in [0.25, 0.3) is 0 Å². The fourth-order valence-corrected chi connectivity index (χ4v) is 3.52. The Morgan fingerprint density at radius 2 is 2.09 bits per heavy atom. The van der Waals surface area contributed by atoms with Gasteiger partial charge in [0.2, 0.25) is 11.8 Å². The van der Waals surface area contributed by atoms with Gasteiger partial charge in [-0.15, -0.1) is 0 Å². The summed E-state index contributed by atoms with van der Waals surface area (Å²) in [6.07, 6.45) is 2.30. The summed E-state index contributed by atoms with van der Waals surface area (Å²) in [7, 11) is 0. The molecule has 0 N–H and O–H groups in total. The molecule has 0 bridgehead atoms. The number of aromatic nitrogens is 4. The topological polar surface area (TPSA) is 132 Å². The van der Waals surface area contributed by atoms with Crippen LogP contribution in [0.1, 0.15) is 45.4 Å². The predicted molar refractivity (Wildman–Crippen MR) is 117 cm³/mol. The molecular weight excluding hydrogens is 412 g/mol. The van der Waals surface area contributed by atoms with E-state index in [1.165, 1.54) is 0 Å². The van der Waals surface area contributed by atoms with E-state index < -0.39 is 0 Å².